The van der Waals surface area contributed by atoms with Crippen molar-refractivity contribution in [3.63, 3.8) is 0 Å². The maximum Gasteiger partial charge on any atom is 0.311 e. The summed E-state index contributed by atoms with van der Waals surface area (Å²) in [4.78, 5) is 24.1. The van der Waals surface area contributed by atoms with Gasteiger partial charge in [0.25, 0.3) is 5.91 Å². The fourth-order valence-electron chi connectivity index (χ4n) is 2.27. The molecule has 5 nitrogen and oxygen atoms in total. The number of hydrogen-bond acceptors (Lipinski definition) is 4. The summed E-state index contributed by atoms with van der Waals surface area (Å²) in [6, 6.07) is 10.7. The summed E-state index contributed by atoms with van der Waals surface area (Å²) in [6.07, 6.45) is -1.03. The number of hydrogen-bond donors (Lipinski definition) is 1. The Morgan fingerprint density at radius 1 is 1.19 bits per heavy atom. The van der Waals surface area contributed by atoms with E-state index in [9.17, 15) is 14.0 Å². The molecule has 26 heavy (non-hydrogen) atoms. The lowest BCUT2D eigenvalue weighted by Crippen LogP contribution is -2.35. The van der Waals surface area contributed by atoms with Gasteiger partial charge in [-0.3, -0.25) is 9.59 Å². The van der Waals surface area contributed by atoms with E-state index in [1.54, 1.807) is 30.3 Å². The van der Waals surface area contributed by atoms with Crippen LogP contribution in [0, 0.1) is 5.82 Å². The van der Waals surface area contributed by atoms with Crippen LogP contribution in [0.2, 0.25) is 5.02 Å². The van der Waals surface area contributed by atoms with Crippen LogP contribution in [0.3, 0.4) is 0 Å². The maximum atomic E-state index is 12.9. The second-order valence-electron chi connectivity index (χ2n) is 5.61. The molecule has 0 radical (unpaired) electrons. The summed E-state index contributed by atoms with van der Waals surface area (Å²) in [7, 11) is 1.49. The van der Waals surface area contributed by atoms with E-state index in [0.717, 1.165) is 5.56 Å². The molecule has 2 rings (SSSR count). The van der Waals surface area contributed by atoms with Crippen LogP contribution in [0.15, 0.2) is 42.5 Å². The van der Waals surface area contributed by atoms with Gasteiger partial charge in [-0.2, -0.15) is 0 Å². The van der Waals surface area contributed by atoms with Crippen molar-refractivity contribution in [1.82, 2.24) is 5.32 Å². The van der Waals surface area contributed by atoms with Gasteiger partial charge in [-0.25, -0.2) is 4.39 Å². The molecule has 1 N–H and O–H groups in total. The van der Waals surface area contributed by atoms with Crippen molar-refractivity contribution in [2.24, 2.45) is 0 Å². The van der Waals surface area contributed by atoms with Gasteiger partial charge in [-0.15, -0.1) is 0 Å². The largest absolute Gasteiger partial charge is 0.496 e. The Bertz CT molecular complexity index is 780. The summed E-state index contributed by atoms with van der Waals surface area (Å²) in [5.74, 6) is -0.852. The van der Waals surface area contributed by atoms with Crippen molar-refractivity contribution in [3.05, 3.63) is 64.4 Å². The van der Waals surface area contributed by atoms with E-state index in [4.69, 9.17) is 21.1 Å². The molecule has 0 aliphatic carbocycles. The van der Waals surface area contributed by atoms with Crippen LogP contribution in [0.5, 0.6) is 5.75 Å². The molecule has 0 aliphatic rings. The lowest BCUT2D eigenvalue weighted by Gasteiger charge is -2.14. The standard InChI is InChI=1S/C19H19ClFNO4/c1-12(19(24)22-11-13-3-6-16(21)7-4-13)26-18(23)10-14-9-15(20)5-8-17(14)25-2/h3-9,12H,10-11H2,1-2H3,(H,22,24)/t12-/m0/s1. The number of halogens is 2. The first kappa shape index (κ1) is 19.7. The van der Waals surface area contributed by atoms with Crippen LogP contribution in [0.25, 0.3) is 0 Å². The first-order valence-electron chi connectivity index (χ1n) is 7.93. The molecule has 7 heteroatoms. The van der Waals surface area contributed by atoms with E-state index in [0.29, 0.717) is 16.3 Å². The second kappa shape index (κ2) is 9.20. The third kappa shape index (κ3) is 5.74. The van der Waals surface area contributed by atoms with Gasteiger partial charge in [0.2, 0.25) is 0 Å². The predicted octanol–water partition coefficient (Wildman–Crippen LogP) is 3.28. The smallest absolute Gasteiger partial charge is 0.311 e. The van der Waals surface area contributed by atoms with E-state index in [1.807, 2.05) is 0 Å². The minimum atomic E-state index is -0.965. The first-order chi connectivity index (χ1) is 12.4. The predicted molar refractivity (Wildman–Crippen MR) is 95.5 cm³/mol. The summed E-state index contributed by atoms with van der Waals surface area (Å²) >= 11 is 5.93. The lowest BCUT2D eigenvalue weighted by molar-refractivity contribution is -0.154. The van der Waals surface area contributed by atoms with Crippen molar-refractivity contribution in [2.45, 2.75) is 26.0 Å². The molecule has 0 aliphatic heterocycles. The Kier molecular flexibility index (Phi) is 6.97. The van der Waals surface area contributed by atoms with Crippen molar-refractivity contribution in [1.29, 1.82) is 0 Å². The van der Waals surface area contributed by atoms with E-state index in [1.165, 1.54) is 26.2 Å². The van der Waals surface area contributed by atoms with Crippen molar-refractivity contribution in [3.8, 4) is 5.75 Å². The molecular weight excluding hydrogens is 361 g/mol. The highest BCUT2D eigenvalue weighted by molar-refractivity contribution is 6.30. The number of carbonyl (C=O) groups is 2. The highest BCUT2D eigenvalue weighted by Crippen LogP contribution is 2.23. The van der Waals surface area contributed by atoms with Crippen LogP contribution >= 0.6 is 11.6 Å². The van der Waals surface area contributed by atoms with E-state index < -0.39 is 18.0 Å². The number of benzene rings is 2. The molecule has 1 atom stereocenters. The zero-order valence-corrected chi connectivity index (χ0v) is 15.2. The maximum absolute atomic E-state index is 12.9. The highest BCUT2D eigenvalue weighted by atomic mass is 35.5. The number of amides is 1. The summed E-state index contributed by atoms with van der Waals surface area (Å²) in [5.41, 5.74) is 1.31. The number of nitrogens with one attached hydrogen (secondary N) is 1. The minimum Gasteiger partial charge on any atom is -0.496 e. The van der Waals surface area contributed by atoms with Crippen molar-refractivity contribution >= 4 is 23.5 Å². The highest BCUT2D eigenvalue weighted by Gasteiger charge is 2.19. The van der Waals surface area contributed by atoms with Gasteiger partial charge in [-0.1, -0.05) is 23.7 Å². The molecule has 138 valence electrons. The zero-order chi connectivity index (χ0) is 19.1. The number of ether oxygens (including phenoxy) is 2. The Labute approximate surface area is 156 Å². The topological polar surface area (TPSA) is 64.6 Å². The van der Waals surface area contributed by atoms with Gasteiger partial charge in [0.1, 0.15) is 11.6 Å². The number of esters is 1. The number of methoxy groups -OCH3 is 1. The molecule has 0 saturated heterocycles. The van der Waals surface area contributed by atoms with E-state index in [-0.39, 0.29) is 18.8 Å². The van der Waals surface area contributed by atoms with Gasteiger partial charge >= 0.3 is 5.97 Å². The van der Waals surface area contributed by atoms with Gasteiger partial charge in [0, 0.05) is 17.1 Å². The van der Waals surface area contributed by atoms with Crippen LogP contribution in [-0.2, 0) is 27.3 Å². The fourth-order valence-corrected chi connectivity index (χ4v) is 2.46. The van der Waals surface area contributed by atoms with Gasteiger partial charge in [-0.05, 0) is 42.8 Å². The summed E-state index contributed by atoms with van der Waals surface area (Å²) < 4.78 is 23.2. The Morgan fingerprint density at radius 3 is 2.54 bits per heavy atom. The van der Waals surface area contributed by atoms with Gasteiger partial charge in [0.15, 0.2) is 6.10 Å². The molecule has 0 spiro atoms. The monoisotopic (exact) mass is 379 g/mol. The van der Waals surface area contributed by atoms with Crippen LogP contribution in [0.4, 0.5) is 4.39 Å². The Hall–Kier alpha value is -2.60. The number of rotatable bonds is 7. The SMILES string of the molecule is COc1ccc(Cl)cc1CC(=O)O[C@@H](C)C(=O)NCc1ccc(F)cc1. The molecule has 0 fully saturated rings. The molecule has 0 bridgehead atoms. The zero-order valence-electron chi connectivity index (χ0n) is 14.4. The summed E-state index contributed by atoms with van der Waals surface area (Å²) in [6.45, 7) is 1.69. The fraction of sp³-hybridized carbons (Fsp3) is 0.263. The first-order valence-corrected chi connectivity index (χ1v) is 8.31. The van der Waals surface area contributed by atoms with Gasteiger partial charge < -0.3 is 14.8 Å². The molecule has 0 heterocycles. The summed E-state index contributed by atoms with van der Waals surface area (Å²) in [5, 5.41) is 3.11. The molecule has 0 saturated carbocycles. The third-order valence-corrected chi connectivity index (χ3v) is 3.87. The molecule has 1 amide bonds. The van der Waals surface area contributed by atoms with Crippen LogP contribution in [0.1, 0.15) is 18.1 Å². The average molecular weight is 380 g/mol. The second-order valence-corrected chi connectivity index (χ2v) is 6.05. The molecule has 2 aromatic rings. The third-order valence-electron chi connectivity index (χ3n) is 3.63. The van der Waals surface area contributed by atoms with Crippen molar-refractivity contribution < 1.29 is 23.5 Å². The number of carbonyl (C=O) groups excluding carboxylic acids is 2. The normalized spacial score (nSPS) is 11.5. The molecule has 0 aromatic heterocycles. The van der Waals surface area contributed by atoms with Gasteiger partial charge in [0.05, 0.1) is 13.5 Å². The quantitative estimate of drug-likeness (QED) is 0.750. The molecule has 0 unspecified atom stereocenters. The Morgan fingerprint density at radius 2 is 1.88 bits per heavy atom. The minimum absolute atomic E-state index is 0.0701. The van der Waals surface area contributed by atoms with Crippen LogP contribution < -0.4 is 10.1 Å². The molecular formula is C19H19ClFNO4. The lowest BCUT2D eigenvalue weighted by atomic mass is 10.1. The van der Waals surface area contributed by atoms with E-state index >= 15 is 0 Å². The average Bonchev–Trinajstić information content (AvgIpc) is 2.61. The van der Waals surface area contributed by atoms with Crippen LogP contribution in [-0.4, -0.2) is 25.1 Å². The van der Waals surface area contributed by atoms with E-state index in [2.05, 4.69) is 5.32 Å². The van der Waals surface area contributed by atoms with Crippen molar-refractivity contribution in [2.75, 3.05) is 7.11 Å². The Balaban J connectivity index is 1.87. The molecule has 2 aromatic carbocycles.